The molecule has 0 aliphatic carbocycles. The number of aliphatic hydroxyl groups is 1. The van der Waals surface area contributed by atoms with E-state index in [2.05, 4.69) is 36.1 Å². The molecule has 34 heavy (non-hydrogen) atoms. The third kappa shape index (κ3) is 5.45. The molecule has 0 spiro atoms. The normalized spacial score (nSPS) is 17.4. The average Bonchev–Trinajstić information content (AvgIpc) is 2.83. The first-order valence-electron chi connectivity index (χ1n) is 12.1. The first kappa shape index (κ1) is 23.9. The Hall–Kier alpha value is -3.25. The van der Waals surface area contributed by atoms with Gasteiger partial charge in [-0.05, 0) is 19.8 Å². The Bertz CT molecular complexity index is 1120. The van der Waals surface area contributed by atoms with E-state index >= 15 is 0 Å². The lowest BCUT2D eigenvalue weighted by Crippen LogP contribution is -2.47. The predicted octanol–water partition coefficient (Wildman–Crippen LogP) is 5.27. The molecule has 4 rings (SSSR count). The van der Waals surface area contributed by atoms with Gasteiger partial charge in [0.25, 0.3) is 0 Å². The van der Waals surface area contributed by atoms with Crippen LogP contribution in [0, 0.1) is 6.92 Å². The van der Waals surface area contributed by atoms with Gasteiger partial charge in [-0.1, -0.05) is 79.4 Å². The summed E-state index contributed by atoms with van der Waals surface area (Å²) >= 11 is 0. The van der Waals surface area contributed by atoms with Crippen LogP contribution in [0.5, 0.6) is 0 Å². The maximum atomic E-state index is 11.0. The number of benzene rings is 2. The van der Waals surface area contributed by atoms with E-state index in [0.29, 0.717) is 12.8 Å². The standard InChI is InChI=1S/C28H33N3O3/c1-19-14-16-21(17-15-19)27-26(20-10-6-5-7-11-20)29-22-18-24(32)23(31(2)28(22)30-27)12-8-3-4-9-13-25(33)34/h5-7,10-11,14-17,23-24,32H,3-4,8-9,12-13,18H2,1-2H3,(H,33,34). The lowest BCUT2D eigenvalue weighted by Gasteiger charge is -2.38. The summed E-state index contributed by atoms with van der Waals surface area (Å²) in [6.45, 7) is 2.07. The fourth-order valence-corrected chi connectivity index (χ4v) is 4.71. The van der Waals surface area contributed by atoms with Crippen LogP contribution < -0.4 is 4.90 Å². The topological polar surface area (TPSA) is 86.5 Å². The molecule has 6 heteroatoms. The van der Waals surface area contributed by atoms with Crippen molar-refractivity contribution >= 4 is 11.8 Å². The van der Waals surface area contributed by atoms with Crippen molar-refractivity contribution in [2.24, 2.45) is 0 Å². The van der Waals surface area contributed by atoms with Crippen LogP contribution in [-0.4, -0.2) is 45.3 Å². The minimum atomic E-state index is -0.739. The zero-order valence-electron chi connectivity index (χ0n) is 19.9. The highest BCUT2D eigenvalue weighted by Crippen LogP contribution is 2.36. The maximum absolute atomic E-state index is 11.0. The number of hydrogen-bond donors (Lipinski definition) is 2. The third-order valence-electron chi connectivity index (χ3n) is 6.64. The minimum absolute atomic E-state index is 0.0327. The molecule has 2 N–H and O–H groups in total. The molecule has 2 heterocycles. The van der Waals surface area contributed by atoms with Gasteiger partial charge in [-0.2, -0.15) is 0 Å². The van der Waals surface area contributed by atoms with Crippen molar-refractivity contribution in [1.82, 2.24) is 9.97 Å². The number of hydrogen-bond acceptors (Lipinski definition) is 5. The summed E-state index contributed by atoms with van der Waals surface area (Å²) in [4.78, 5) is 22.9. The number of likely N-dealkylation sites (N-methyl/N-ethyl adjacent to an activating group) is 1. The number of carbonyl (C=O) groups is 1. The van der Waals surface area contributed by atoms with E-state index in [-0.39, 0.29) is 12.5 Å². The number of aryl methyl sites for hydroxylation is 1. The molecule has 6 nitrogen and oxygen atoms in total. The highest BCUT2D eigenvalue weighted by molar-refractivity contribution is 5.79. The van der Waals surface area contributed by atoms with Crippen molar-refractivity contribution in [2.75, 3.05) is 11.9 Å². The van der Waals surface area contributed by atoms with Crippen molar-refractivity contribution < 1.29 is 15.0 Å². The summed E-state index contributed by atoms with van der Waals surface area (Å²) in [5, 5.41) is 19.7. The Labute approximate surface area is 201 Å². The Kier molecular flexibility index (Phi) is 7.58. The number of nitrogens with zero attached hydrogens (tertiary/aromatic N) is 3. The number of fused-ring (bicyclic) bond motifs is 1. The molecule has 0 fully saturated rings. The molecule has 2 aromatic carbocycles. The Morgan fingerprint density at radius 1 is 0.941 bits per heavy atom. The first-order chi connectivity index (χ1) is 16.4. The number of carboxylic acids is 1. The third-order valence-corrected chi connectivity index (χ3v) is 6.64. The molecule has 0 saturated carbocycles. The van der Waals surface area contributed by atoms with E-state index in [1.54, 1.807) is 0 Å². The van der Waals surface area contributed by atoms with E-state index in [0.717, 1.165) is 59.7 Å². The van der Waals surface area contributed by atoms with Crippen LogP contribution in [0.15, 0.2) is 54.6 Å². The van der Waals surface area contributed by atoms with Gasteiger partial charge in [0.1, 0.15) is 0 Å². The zero-order valence-corrected chi connectivity index (χ0v) is 19.9. The molecule has 2 atom stereocenters. The zero-order chi connectivity index (χ0) is 24.1. The fraction of sp³-hybridized carbons (Fsp3) is 0.393. The number of carboxylic acid groups (broad SMARTS) is 1. The Balaban J connectivity index is 1.60. The van der Waals surface area contributed by atoms with E-state index in [1.807, 2.05) is 37.4 Å². The van der Waals surface area contributed by atoms with Gasteiger partial charge >= 0.3 is 5.97 Å². The molecule has 0 bridgehead atoms. The number of rotatable bonds is 9. The number of aliphatic hydroxyl groups excluding tert-OH is 1. The van der Waals surface area contributed by atoms with Crippen molar-refractivity contribution in [3.05, 3.63) is 65.9 Å². The lowest BCUT2D eigenvalue weighted by atomic mass is 9.93. The van der Waals surface area contributed by atoms with E-state index in [1.165, 1.54) is 5.56 Å². The van der Waals surface area contributed by atoms with Crippen LogP contribution in [0.25, 0.3) is 22.5 Å². The number of unbranched alkanes of at least 4 members (excludes halogenated alkanes) is 3. The van der Waals surface area contributed by atoms with Crippen molar-refractivity contribution in [3.8, 4) is 22.5 Å². The summed E-state index contributed by atoms with van der Waals surface area (Å²) in [5.74, 6) is 0.0910. The number of aromatic nitrogens is 2. The molecule has 0 amide bonds. The highest BCUT2D eigenvalue weighted by atomic mass is 16.4. The van der Waals surface area contributed by atoms with Crippen LogP contribution in [0.3, 0.4) is 0 Å². The largest absolute Gasteiger partial charge is 0.481 e. The molecule has 0 radical (unpaired) electrons. The summed E-state index contributed by atoms with van der Waals surface area (Å²) in [7, 11) is 1.99. The SMILES string of the molecule is Cc1ccc(-c2nc3c(nc2-c2ccccc2)CC(O)C(CCCCCCC(=O)O)N3C)cc1. The quantitative estimate of drug-likeness (QED) is 0.424. The minimum Gasteiger partial charge on any atom is -0.481 e. The molecule has 1 aromatic heterocycles. The van der Waals surface area contributed by atoms with Gasteiger partial charge in [0.15, 0.2) is 5.82 Å². The van der Waals surface area contributed by atoms with Crippen LogP contribution in [0.2, 0.25) is 0 Å². The van der Waals surface area contributed by atoms with Gasteiger partial charge in [0.05, 0.1) is 29.2 Å². The molecule has 2 unspecified atom stereocenters. The Morgan fingerprint density at radius 2 is 1.59 bits per heavy atom. The summed E-state index contributed by atoms with van der Waals surface area (Å²) in [6, 6.07) is 18.4. The van der Waals surface area contributed by atoms with Crippen LogP contribution in [0.4, 0.5) is 5.82 Å². The van der Waals surface area contributed by atoms with Gasteiger partial charge in [-0.25, -0.2) is 9.97 Å². The van der Waals surface area contributed by atoms with Crippen molar-refractivity contribution in [3.63, 3.8) is 0 Å². The second kappa shape index (κ2) is 10.8. The van der Waals surface area contributed by atoms with Crippen molar-refractivity contribution in [2.45, 2.75) is 64.0 Å². The monoisotopic (exact) mass is 459 g/mol. The van der Waals surface area contributed by atoms with Crippen LogP contribution >= 0.6 is 0 Å². The maximum Gasteiger partial charge on any atom is 0.303 e. The van der Waals surface area contributed by atoms with Gasteiger partial charge < -0.3 is 15.1 Å². The molecule has 3 aromatic rings. The van der Waals surface area contributed by atoms with Gasteiger partial charge in [0.2, 0.25) is 0 Å². The summed E-state index contributed by atoms with van der Waals surface area (Å²) in [6.07, 6.45) is 4.53. The molecular formula is C28H33N3O3. The first-order valence-corrected chi connectivity index (χ1v) is 12.1. The van der Waals surface area contributed by atoms with E-state index in [4.69, 9.17) is 15.1 Å². The van der Waals surface area contributed by atoms with E-state index in [9.17, 15) is 9.90 Å². The Morgan fingerprint density at radius 3 is 2.29 bits per heavy atom. The second-order valence-electron chi connectivity index (χ2n) is 9.22. The summed E-state index contributed by atoms with van der Waals surface area (Å²) < 4.78 is 0. The van der Waals surface area contributed by atoms with Crippen molar-refractivity contribution in [1.29, 1.82) is 0 Å². The van der Waals surface area contributed by atoms with Crippen LogP contribution in [-0.2, 0) is 11.2 Å². The highest BCUT2D eigenvalue weighted by Gasteiger charge is 2.33. The van der Waals surface area contributed by atoms with Gasteiger partial charge in [0, 0.05) is 31.0 Å². The molecule has 178 valence electrons. The second-order valence-corrected chi connectivity index (χ2v) is 9.22. The summed E-state index contributed by atoms with van der Waals surface area (Å²) in [5.41, 5.74) is 5.73. The molecular weight excluding hydrogens is 426 g/mol. The molecule has 1 aliphatic heterocycles. The predicted molar refractivity (Wildman–Crippen MR) is 135 cm³/mol. The number of anilines is 1. The molecule has 1 aliphatic rings. The molecule has 0 saturated heterocycles. The van der Waals surface area contributed by atoms with Crippen LogP contribution in [0.1, 0.15) is 49.8 Å². The fourth-order valence-electron chi connectivity index (χ4n) is 4.71. The van der Waals surface area contributed by atoms with E-state index < -0.39 is 12.1 Å². The number of aliphatic carboxylic acids is 1. The van der Waals surface area contributed by atoms with Gasteiger partial charge in [-0.15, -0.1) is 0 Å². The average molecular weight is 460 g/mol. The smallest absolute Gasteiger partial charge is 0.303 e. The van der Waals surface area contributed by atoms with Gasteiger partial charge in [-0.3, -0.25) is 4.79 Å². The lowest BCUT2D eigenvalue weighted by molar-refractivity contribution is -0.137.